The molecule has 0 saturated carbocycles. The number of ether oxygens (including phenoxy) is 1. The summed E-state index contributed by atoms with van der Waals surface area (Å²) >= 11 is 15.7. The quantitative estimate of drug-likeness (QED) is 0.181. The summed E-state index contributed by atoms with van der Waals surface area (Å²) in [6.45, 7) is 1.52. The molecule has 1 aliphatic rings. The van der Waals surface area contributed by atoms with Crippen LogP contribution in [0.4, 0.5) is 11.4 Å². The average molecular weight is 621 g/mol. The molecule has 0 amide bonds. The van der Waals surface area contributed by atoms with Crippen LogP contribution in [0.2, 0.25) is 5.02 Å². The van der Waals surface area contributed by atoms with Crippen LogP contribution in [0, 0.1) is 0 Å². The maximum atomic E-state index is 6.12. The van der Waals surface area contributed by atoms with Gasteiger partial charge in [0.2, 0.25) is 0 Å². The van der Waals surface area contributed by atoms with Gasteiger partial charge >= 0.3 is 0 Å². The number of nitrogens with one attached hydrogen (secondary N) is 2. The molecular formula is C30H27BrClN5OS. The molecule has 3 heterocycles. The van der Waals surface area contributed by atoms with E-state index < -0.39 is 0 Å². The second-order valence-corrected chi connectivity index (χ2v) is 11.3. The van der Waals surface area contributed by atoms with Crippen molar-refractivity contribution in [2.75, 3.05) is 17.7 Å². The first-order chi connectivity index (χ1) is 19.0. The number of benzene rings is 3. The predicted molar refractivity (Wildman–Crippen MR) is 166 cm³/mol. The van der Waals surface area contributed by atoms with Crippen LogP contribution >= 0.6 is 39.7 Å². The van der Waals surface area contributed by atoms with E-state index in [2.05, 4.69) is 55.4 Å². The molecule has 0 aliphatic carbocycles. The summed E-state index contributed by atoms with van der Waals surface area (Å²) in [6.07, 6.45) is 3.15. The van der Waals surface area contributed by atoms with Gasteiger partial charge < -0.3 is 19.9 Å². The molecule has 0 fully saturated rings. The first-order valence-corrected chi connectivity index (χ1v) is 14.4. The molecule has 0 spiro atoms. The van der Waals surface area contributed by atoms with Crippen molar-refractivity contribution in [2.45, 2.75) is 32.4 Å². The molecule has 0 bridgehead atoms. The highest BCUT2D eigenvalue weighted by Gasteiger charge is 2.29. The minimum Gasteiger partial charge on any atom is -0.497 e. The van der Waals surface area contributed by atoms with Gasteiger partial charge in [-0.05, 0) is 85.5 Å². The van der Waals surface area contributed by atoms with Gasteiger partial charge in [-0.2, -0.15) is 5.10 Å². The van der Waals surface area contributed by atoms with Gasteiger partial charge in [0.25, 0.3) is 0 Å². The third kappa shape index (κ3) is 5.16. The predicted octanol–water partition coefficient (Wildman–Crippen LogP) is 7.96. The molecule has 1 aliphatic heterocycles. The van der Waals surface area contributed by atoms with Gasteiger partial charge in [0, 0.05) is 38.5 Å². The zero-order valence-electron chi connectivity index (χ0n) is 21.4. The van der Waals surface area contributed by atoms with Crippen molar-refractivity contribution in [3.63, 3.8) is 0 Å². The largest absolute Gasteiger partial charge is 0.497 e. The highest BCUT2D eigenvalue weighted by atomic mass is 79.9. The van der Waals surface area contributed by atoms with Crippen LogP contribution in [0.25, 0.3) is 16.8 Å². The fourth-order valence-electron chi connectivity index (χ4n) is 5.19. The monoisotopic (exact) mass is 619 g/mol. The van der Waals surface area contributed by atoms with Crippen molar-refractivity contribution in [3.8, 4) is 16.9 Å². The number of methoxy groups -OCH3 is 1. The SMILES string of the molecule is COc1ccc(-c2c3c4n(c(CNc5ccc(Br)cc5)nn4c2C(=S)Nc2ccc(Cl)cc2)CCCC3)cc1. The van der Waals surface area contributed by atoms with Crippen LogP contribution < -0.4 is 15.4 Å². The Labute approximate surface area is 246 Å². The van der Waals surface area contributed by atoms with Crippen molar-refractivity contribution in [1.29, 1.82) is 0 Å². The standard InChI is InChI=1S/C30H27BrClN5OS/c1-38-24-15-5-19(6-16-24)27-25-4-2-3-17-36-26(18-33-22-11-7-20(31)8-12-22)35-37(30(25)36)28(27)29(39)34-23-13-9-21(32)10-14-23/h5-16,33H,2-4,17-18H2,1H3,(H,34,39). The normalized spacial score (nSPS) is 12.8. The van der Waals surface area contributed by atoms with Gasteiger partial charge in [-0.25, -0.2) is 4.52 Å². The minimum atomic E-state index is 0.609. The number of aryl methyl sites for hydroxylation is 2. The van der Waals surface area contributed by atoms with E-state index in [1.54, 1.807) is 7.11 Å². The number of anilines is 2. The molecule has 2 N–H and O–H groups in total. The lowest BCUT2D eigenvalue weighted by molar-refractivity contribution is 0.415. The number of thiocarbonyl (C=S) groups is 1. The molecule has 6 nitrogen and oxygen atoms in total. The van der Waals surface area contributed by atoms with Crippen LogP contribution in [-0.2, 0) is 19.5 Å². The van der Waals surface area contributed by atoms with Crippen molar-refractivity contribution in [1.82, 2.24) is 14.2 Å². The second kappa shape index (κ2) is 11.0. The molecule has 9 heteroatoms. The first kappa shape index (κ1) is 25.9. The lowest BCUT2D eigenvalue weighted by Gasteiger charge is -2.12. The number of hydrogen-bond donors (Lipinski definition) is 2. The van der Waals surface area contributed by atoms with Gasteiger partial charge in [0.1, 0.15) is 22.1 Å². The van der Waals surface area contributed by atoms with E-state index in [1.165, 1.54) is 5.56 Å². The minimum absolute atomic E-state index is 0.609. The summed E-state index contributed by atoms with van der Waals surface area (Å²) in [5.74, 6) is 1.80. The number of halogens is 2. The summed E-state index contributed by atoms with van der Waals surface area (Å²) in [5.41, 5.74) is 7.42. The van der Waals surface area contributed by atoms with Gasteiger partial charge in [0.05, 0.1) is 13.7 Å². The zero-order valence-corrected chi connectivity index (χ0v) is 24.5. The fourth-order valence-corrected chi connectivity index (χ4v) is 5.88. The number of rotatable bonds is 7. The molecule has 0 unspecified atom stereocenters. The Morgan fingerprint density at radius 3 is 2.44 bits per heavy atom. The Bertz CT molecular complexity index is 1640. The lowest BCUT2D eigenvalue weighted by Crippen LogP contribution is -2.15. The van der Waals surface area contributed by atoms with Crippen molar-refractivity contribution < 1.29 is 4.74 Å². The summed E-state index contributed by atoms with van der Waals surface area (Å²) in [7, 11) is 1.68. The molecule has 2 aromatic heterocycles. The van der Waals surface area contributed by atoms with Crippen LogP contribution in [0.15, 0.2) is 77.3 Å². The highest BCUT2D eigenvalue weighted by molar-refractivity contribution is 9.10. The van der Waals surface area contributed by atoms with Crippen LogP contribution in [0.1, 0.15) is 29.9 Å². The summed E-state index contributed by atoms with van der Waals surface area (Å²) in [6, 6.07) is 24.0. The Morgan fingerprint density at radius 2 is 1.72 bits per heavy atom. The molecule has 0 atom stereocenters. The van der Waals surface area contributed by atoms with Crippen LogP contribution in [0.5, 0.6) is 5.75 Å². The van der Waals surface area contributed by atoms with Gasteiger partial charge in [-0.3, -0.25) is 0 Å². The van der Waals surface area contributed by atoms with E-state index in [9.17, 15) is 0 Å². The van der Waals surface area contributed by atoms with Crippen molar-refractivity contribution in [3.05, 3.63) is 99.4 Å². The maximum Gasteiger partial charge on any atom is 0.150 e. The molecular weight excluding hydrogens is 594 g/mol. The Morgan fingerprint density at radius 1 is 1.00 bits per heavy atom. The Hall–Kier alpha value is -3.33. The molecule has 39 heavy (non-hydrogen) atoms. The second-order valence-electron chi connectivity index (χ2n) is 9.51. The highest BCUT2D eigenvalue weighted by Crippen LogP contribution is 2.38. The lowest BCUT2D eigenvalue weighted by atomic mass is 9.98. The van der Waals surface area contributed by atoms with E-state index in [4.69, 9.17) is 33.7 Å². The molecule has 0 saturated heterocycles. The van der Waals surface area contributed by atoms with Crippen LogP contribution in [-0.4, -0.2) is 26.3 Å². The topological polar surface area (TPSA) is 55.5 Å². The summed E-state index contributed by atoms with van der Waals surface area (Å²) in [4.78, 5) is 0.613. The average Bonchev–Trinajstić information content (AvgIpc) is 3.35. The Balaban J connectivity index is 1.48. The number of aromatic nitrogens is 3. The van der Waals surface area contributed by atoms with Gasteiger partial charge in [0.15, 0.2) is 5.82 Å². The van der Waals surface area contributed by atoms with E-state index in [0.717, 1.165) is 75.7 Å². The van der Waals surface area contributed by atoms with Gasteiger partial charge in [-0.1, -0.05) is 51.9 Å². The van der Waals surface area contributed by atoms with Crippen LogP contribution in [0.3, 0.4) is 0 Å². The molecule has 6 rings (SSSR count). The number of hydrogen-bond acceptors (Lipinski definition) is 4. The Kier molecular flexibility index (Phi) is 7.34. The maximum absolute atomic E-state index is 6.12. The third-order valence-electron chi connectivity index (χ3n) is 7.05. The van der Waals surface area contributed by atoms with E-state index in [1.807, 2.05) is 53.0 Å². The molecule has 0 radical (unpaired) electrons. The molecule has 5 aromatic rings. The summed E-state index contributed by atoms with van der Waals surface area (Å²) in [5, 5.41) is 12.8. The smallest absolute Gasteiger partial charge is 0.150 e. The third-order valence-corrected chi connectivity index (χ3v) is 8.13. The fraction of sp³-hybridized carbons (Fsp3) is 0.200. The first-order valence-electron chi connectivity index (χ1n) is 12.9. The van der Waals surface area contributed by atoms with Crippen molar-refractivity contribution >= 4 is 61.8 Å². The van der Waals surface area contributed by atoms with Gasteiger partial charge in [-0.15, -0.1) is 0 Å². The molecule has 198 valence electrons. The summed E-state index contributed by atoms with van der Waals surface area (Å²) < 4.78 is 10.9. The van der Waals surface area contributed by atoms with E-state index in [-0.39, 0.29) is 0 Å². The molecule has 3 aromatic carbocycles. The zero-order chi connectivity index (χ0) is 26.9. The number of nitrogens with zero attached hydrogens (tertiary/aromatic N) is 3. The van der Waals surface area contributed by atoms with E-state index in [0.29, 0.717) is 16.6 Å². The van der Waals surface area contributed by atoms with Crippen molar-refractivity contribution in [2.24, 2.45) is 0 Å². The van der Waals surface area contributed by atoms with E-state index >= 15 is 0 Å².